The Bertz CT molecular complexity index is 217. The van der Waals surface area contributed by atoms with E-state index in [0.717, 1.165) is 12.5 Å². The van der Waals surface area contributed by atoms with Gasteiger partial charge in [-0.15, -0.1) is 0 Å². The number of carbonyl (C=O) groups is 1. The van der Waals surface area contributed by atoms with E-state index in [0.29, 0.717) is 6.04 Å². The molecule has 0 unspecified atom stereocenters. The standard InChI is InChI=1S/C10H17NO2/c1-7(12)13-10-6-4-8-3-5-9(10)11(8)2/h8-10H,3-6H2,1-2H3/t8-,9-,10+/m0/s1. The minimum Gasteiger partial charge on any atom is -0.461 e. The maximum atomic E-state index is 10.9. The number of fused-ring (bicyclic) bond motifs is 2. The highest BCUT2D eigenvalue weighted by Gasteiger charge is 2.41. The van der Waals surface area contributed by atoms with Gasteiger partial charge < -0.3 is 4.74 Å². The second-order valence-electron chi connectivity index (χ2n) is 4.19. The molecule has 0 aromatic rings. The Labute approximate surface area is 79.0 Å². The first-order chi connectivity index (χ1) is 6.18. The summed E-state index contributed by atoms with van der Waals surface area (Å²) in [7, 11) is 2.15. The minimum absolute atomic E-state index is 0.135. The molecule has 0 aromatic carbocycles. The van der Waals surface area contributed by atoms with Crippen molar-refractivity contribution in [1.29, 1.82) is 0 Å². The van der Waals surface area contributed by atoms with E-state index >= 15 is 0 Å². The highest BCUT2D eigenvalue weighted by atomic mass is 16.5. The van der Waals surface area contributed by atoms with E-state index in [-0.39, 0.29) is 12.1 Å². The fourth-order valence-corrected chi connectivity index (χ4v) is 2.74. The topological polar surface area (TPSA) is 29.5 Å². The van der Waals surface area contributed by atoms with Gasteiger partial charge in [-0.05, 0) is 32.7 Å². The molecular formula is C10H17NO2. The van der Waals surface area contributed by atoms with Crippen molar-refractivity contribution in [3.63, 3.8) is 0 Å². The van der Waals surface area contributed by atoms with E-state index in [1.165, 1.54) is 26.2 Å². The Hall–Kier alpha value is -0.570. The molecule has 3 atom stereocenters. The summed E-state index contributed by atoms with van der Waals surface area (Å²) in [6, 6.07) is 1.24. The number of esters is 1. The van der Waals surface area contributed by atoms with Crippen molar-refractivity contribution in [3.05, 3.63) is 0 Å². The molecule has 2 aliphatic rings. The Balaban J connectivity index is 2.01. The molecule has 2 saturated heterocycles. The summed E-state index contributed by atoms with van der Waals surface area (Å²) in [6.07, 6.45) is 4.86. The molecule has 0 N–H and O–H groups in total. The van der Waals surface area contributed by atoms with Crippen LogP contribution in [0.25, 0.3) is 0 Å². The van der Waals surface area contributed by atoms with Crippen LogP contribution in [0.1, 0.15) is 32.6 Å². The molecule has 3 heteroatoms. The molecular weight excluding hydrogens is 166 g/mol. The molecule has 0 radical (unpaired) electrons. The first kappa shape index (κ1) is 9.00. The van der Waals surface area contributed by atoms with Crippen LogP contribution in [0.2, 0.25) is 0 Å². The summed E-state index contributed by atoms with van der Waals surface area (Å²) in [5, 5.41) is 0. The van der Waals surface area contributed by atoms with Crippen molar-refractivity contribution in [2.45, 2.75) is 50.8 Å². The zero-order valence-electron chi connectivity index (χ0n) is 8.32. The van der Waals surface area contributed by atoms with Crippen LogP contribution in [0.15, 0.2) is 0 Å². The second kappa shape index (κ2) is 3.29. The minimum atomic E-state index is -0.135. The quantitative estimate of drug-likeness (QED) is 0.572. The van der Waals surface area contributed by atoms with Gasteiger partial charge in [-0.2, -0.15) is 0 Å². The Morgan fingerprint density at radius 3 is 2.69 bits per heavy atom. The lowest BCUT2D eigenvalue weighted by atomic mass is 10.0. The van der Waals surface area contributed by atoms with Gasteiger partial charge in [-0.1, -0.05) is 0 Å². The summed E-state index contributed by atoms with van der Waals surface area (Å²) >= 11 is 0. The van der Waals surface area contributed by atoms with E-state index in [2.05, 4.69) is 11.9 Å². The van der Waals surface area contributed by atoms with Gasteiger partial charge in [0.2, 0.25) is 0 Å². The van der Waals surface area contributed by atoms with E-state index < -0.39 is 0 Å². The molecule has 0 aromatic heterocycles. The van der Waals surface area contributed by atoms with Gasteiger partial charge in [0.1, 0.15) is 6.10 Å². The third-order valence-electron chi connectivity index (χ3n) is 3.43. The molecule has 2 aliphatic heterocycles. The van der Waals surface area contributed by atoms with Crippen LogP contribution >= 0.6 is 0 Å². The van der Waals surface area contributed by atoms with Crippen molar-refractivity contribution in [1.82, 2.24) is 4.90 Å². The van der Waals surface area contributed by atoms with Crippen LogP contribution in [-0.4, -0.2) is 36.1 Å². The number of hydrogen-bond acceptors (Lipinski definition) is 3. The van der Waals surface area contributed by atoms with Gasteiger partial charge in [0.25, 0.3) is 0 Å². The largest absolute Gasteiger partial charge is 0.461 e. The summed E-state index contributed by atoms with van der Waals surface area (Å²) in [4.78, 5) is 13.2. The van der Waals surface area contributed by atoms with Gasteiger partial charge in [0.05, 0.1) is 0 Å². The van der Waals surface area contributed by atoms with Gasteiger partial charge in [0.15, 0.2) is 0 Å². The first-order valence-corrected chi connectivity index (χ1v) is 5.07. The summed E-state index contributed by atoms with van der Waals surface area (Å²) in [5.41, 5.74) is 0. The summed E-state index contributed by atoms with van der Waals surface area (Å²) in [6.45, 7) is 1.50. The highest BCUT2D eigenvalue weighted by Crippen LogP contribution is 2.35. The number of piperidine rings is 1. The average Bonchev–Trinajstić information content (AvgIpc) is 2.31. The third-order valence-corrected chi connectivity index (χ3v) is 3.43. The van der Waals surface area contributed by atoms with Crippen LogP contribution in [0.3, 0.4) is 0 Å². The fourth-order valence-electron chi connectivity index (χ4n) is 2.74. The fraction of sp³-hybridized carbons (Fsp3) is 0.900. The van der Waals surface area contributed by atoms with Crippen molar-refractivity contribution >= 4 is 5.97 Å². The predicted octanol–water partition coefficient (Wildman–Crippen LogP) is 1.17. The molecule has 0 spiro atoms. The van der Waals surface area contributed by atoms with Crippen LogP contribution in [0.4, 0.5) is 0 Å². The van der Waals surface area contributed by atoms with Gasteiger partial charge >= 0.3 is 5.97 Å². The smallest absolute Gasteiger partial charge is 0.302 e. The lowest BCUT2D eigenvalue weighted by molar-refractivity contribution is -0.151. The molecule has 13 heavy (non-hydrogen) atoms. The Morgan fingerprint density at radius 2 is 2.00 bits per heavy atom. The highest BCUT2D eigenvalue weighted by molar-refractivity contribution is 5.66. The van der Waals surface area contributed by atoms with E-state index in [4.69, 9.17) is 4.74 Å². The van der Waals surface area contributed by atoms with Crippen LogP contribution in [0, 0.1) is 0 Å². The van der Waals surface area contributed by atoms with E-state index in [9.17, 15) is 4.79 Å². The van der Waals surface area contributed by atoms with E-state index in [1.54, 1.807) is 0 Å². The predicted molar refractivity (Wildman–Crippen MR) is 49.4 cm³/mol. The normalized spacial score (nSPS) is 39.1. The SMILES string of the molecule is CC(=O)O[C@@H]1CC[C@@H]2CC[C@@H]1N2C. The number of likely N-dealkylation sites (N-methyl/N-ethyl adjacent to an activating group) is 1. The lowest BCUT2D eigenvalue weighted by Gasteiger charge is -2.36. The Morgan fingerprint density at radius 1 is 1.31 bits per heavy atom. The maximum absolute atomic E-state index is 10.9. The van der Waals surface area contributed by atoms with Gasteiger partial charge in [-0.25, -0.2) is 0 Å². The molecule has 0 amide bonds. The summed E-state index contributed by atoms with van der Waals surface area (Å²) < 4.78 is 5.31. The molecule has 2 heterocycles. The number of hydrogen-bond donors (Lipinski definition) is 0. The molecule has 2 bridgehead atoms. The van der Waals surface area contributed by atoms with Gasteiger partial charge in [0, 0.05) is 19.0 Å². The Kier molecular flexibility index (Phi) is 2.28. The molecule has 0 saturated carbocycles. The second-order valence-corrected chi connectivity index (χ2v) is 4.19. The average molecular weight is 183 g/mol. The zero-order chi connectivity index (χ0) is 9.42. The lowest BCUT2D eigenvalue weighted by Crippen LogP contribution is -2.46. The number of ether oxygens (including phenoxy) is 1. The molecule has 3 nitrogen and oxygen atoms in total. The number of rotatable bonds is 1. The molecule has 74 valence electrons. The van der Waals surface area contributed by atoms with Crippen molar-refractivity contribution in [3.8, 4) is 0 Å². The maximum Gasteiger partial charge on any atom is 0.302 e. The number of carbonyl (C=O) groups excluding carboxylic acids is 1. The van der Waals surface area contributed by atoms with Crippen LogP contribution in [0.5, 0.6) is 0 Å². The molecule has 2 fully saturated rings. The molecule has 0 aliphatic carbocycles. The monoisotopic (exact) mass is 183 g/mol. The summed E-state index contributed by atoms with van der Waals surface area (Å²) in [5.74, 6) is -0.135. The van der Waals surface area contributed by atoms with Crippen molar-refractivity contribution in [2.75, 3.05) is 7.05 Å². The first-order valence-electron chi connectivity index (χ1n) is 5.07. The van der Waals surface area contributed by atoms with Crippen molar-refractivity contribution < 1.29 is 9.53 Å². The third kappa shape index (κ3) is 1.57. The van der Waals surface area contributed by atoms with Crippen LogP contribution in [-0.2, 0) is 9.53 Å². The van der Waals surface area contributed by atoms with Crippen LogP contribution < -0.4 is 0 Å². The van der Waals surface area contributed by atoms with E-state index in [1.807, 2.05) is 0 Å². The van der Waals surface area contributed by atoms with Crippen molar-refractivity contribution in [2.24, 2.45) is 0 Å². The molecule has 2 rings (SSSR count). The number of nitrogens with zero attached hydrogens (tertiary/aromatic N) is 1. The zero-order valence-corrected chi connectivity index (χ0v) is 8.32. The van der Waals surface area contributed by atoms with Gasteiger partial charge in [-0.3, -0.25) is 9.69 Å².